The van der Waals surface area contributed by atoms with Crippen molar-refractivity contribution in [2.45, 2.75) is 31.4 Å². The molecule has 7 nitrogen and oxygen atoms in total. The molecule has 0 saturated carbocycles. The van der Waals surface area contributed by atoms with Gasteiger partial charge in [0.15, 0.2) is 0 Å². The number of β-amino-alcohol motifs (C(OH)–C–C–N with tert-alkyl or cyclic N) is 1. The van der Waals surface area contributed by atoms with Crippen LogP contribution >= 0.6 is 0 Å². The first-order valence-electron chi connectivity index (χ1n) is 7.10. The lowest BCUT2D eigenvalue weighted by molar-refractivity contribution is -0.136. The summed E-state index contributed by atoms with van der Waals surface area (Å²) in [6.07, 6.45) is 3.26. The number of nitrogens with zero attached hydrogens (tertiary/aromatic N) is 4. The van der Waals surface area contributed by atoms with Gasteiger partial charge >= 0.3 is 0 Å². The van der Waals surface area contributed by atoms with Crippen LogP contribution in [0.25, 0.3) is 0 Å². The van der Waals surface area contributed by atoms with E-state index in [4.69, 9.17) is 5.73 Å². The van der Waals surface area contributed by atoms with Gasteiger partial charge in [-0.3, -0.25) is 9.69 Å². The Morgan fingerprint density at radius 1 is 1.57 bits per heavy atom. The molecule has 1 atom stereocenters. The summed E-state index contributed by atoms with van der Waals surface area (Å²) in [4.78, 5) is 23.8. The maximum absolute atomic E-state index is 11.8. The van der Waals surface area contributed by atoms with Gasteiger partial charge in [-0.1, -0.05) is 0 Å². The second-order valence-corrected chi connectivity index (χ2v) is 5.90. The molecule has 0 bridgehead atoms. The van der Waals surface area contributed by atoms with E-state index in [1.807, 2.05) is 0 Å². The molecule has 1 saturated heterocycles. The predicted octanol–water partition coefficient (Wildman–Crippen LogP) is -0.136. The van der Waals surface area contributed by atoms with Crippen LogP contribution in [0.15, 0.2) is 12.3 Å². The van der Waals surface area contributed by atoms with Crippen molar-refractivity contribution in [3.05, 3.63) is 18.1 Å². The molecule has 7 heteroatoms. The highest BCUT2D eigenvalue weighted by atomic mass is 16.3. The van der Waals surface area contributed by atoms with Crippen LogP contribution in [0, 0.1) is 0 Å². The number of anilines is 1. The number of piperidine rings is 1. The van der Waals surface area contributed by atoms with Crippen molar-refractivity contribution in [3.63, 3.8) is 0 Å². The number of likely N-dealkylation sites (tertiary alicyclic amines) is 1. The van der Waals surface area contributed by atoms with Crippen LogP contribution in [0.1, 0.15) is 25.1 Å². The minimum Gasteiger partial charge on any atom is -0.388 e. The summed E-state index contributed by atoms with van der Waals surface area (Å²) in [5.74, 6) is 1.02. The van der Waals surface area contributed by atoms with E-state index < -0.39 is 5.60 Å². The number of nitrogens with two attached hydrogens (primary N) is 1. The molecule has 116 valence electrons. The third-order valence-corrected chi connectivity index (χ3v) is 3.71. The lowest BCUT2D eigenvalue weighted by Crippen LogP contribution is -2.50. The maximum atomic E-state index is 11.8. The Bertz CT molecular complexity index is 508. The first kappa shape index (κ1) is 15.7. The van der Waals surface area contributed by atoms with Crippen LogP contribution in [-0.4, -0.2) is 63.6 Å². The molecule has 0 radical (unpaired) electrons. The van der Waals surface area contributed by atoms with E-state index in [1.54, 1.807) is 26.4 Å². The van der Waals surface area contributed by atoms with Gasteiger partial charge in [0.25, 0.3) is 0 Å². The highest BCUT2D eigenvalue weighted by molar-refractivity contribution is 5.76. The third kappa shape index (κ3) is 4.37. The Morgan fingerprint density at radius 2 is 2.33 bits per heavy atom. The lowest BCUT2D eigenvalue weighted by Gasteiger charge is -2.39. The lowest BCUT2D eigenvalue weighted by atomic mass is 9.89. The van der Waals surface area contributed by atoms with Crippen molar-refractivity contribution in [1.82, 2.24) is 19.8 Å². The normalized spacial score (nSPS) is 23.0. The maximum Gasteiger partial charge on any atom is 0.224 e. The first-order valence-corrected chi connectivity index (χ1v) is 7.10. The minimum atomic E-state index is -0.972. The van der Waals surface area contributed by atoms with Gasteiger partial charge in [-0.25, -0.2) is 9.97 Å². The van der Waals surface area contributed by atoms with Crippen LogP contribution in [0.4, 0.5) is 5.82 Å². The summed E-state index contributed by atoms with van der Waals surface area (Å²) in [6.45, 7) is 1.84. The minimum absolute atomic E-state index is 0.0560. The smallest absolute Gasteiger partial charge is 0.224 e. The summed E-state index contributed by atoms with van der Waals surface area (Å²) >= 11 is 0. The molecule has 1 aromatic rings. The van der Waals surface area contributed by atoms with Crippen molar-refractivity contribution >= 4 is 11.7 Å². The molecule has 1 aliphatic heterocycles. The van der Waals surface area contributed by atoms with Crippen molar-refractivity contribution < 1.29 is 9.90 Å². The fraction of sp³-hybridized carbons (Fsp3) is 0.643. The van der Waals surface area contributed by atoms with Gasteiger partial charge in [-0.05, 0) is 25.5 Å². The van der Waals surface area contributed by atoms with E-state index in [1.165, 1.54) is 4.90 Å². The average molecular weight is 293 g/mol. The molecule has 21 heavy (non-hydrogen) atoms. The van der Waals surface area contributed by atoms with Crippen molar-refractivity contribution in [3.8, 4) is 0 Å². The quantitative estimate of drug-likeness (QED) is 0.802. The van der Waals surface area contributed by atoms with Crippen molar-refractivity contribution in [2.24, 2.45) is 0 Å². The SMILES string of the molecule is CN(C)C(=O)CC1(O)CCCN(Cc2nccc(N)n2)C1. The summed E-state index contributed by atoms with van der Waals surface area (Å²) in [7, 11) is 3.40. The number of aromatic nitrogens is 2. The number of aliphatic hydroxyl groups is 1. The van der Waals surface area contributed by atoms with Gasteiger partial charge in [0.1, 0.15) is 11.6 Å². The third-order valence-electron chi connectivity index (χ3n) is 3.71. The molecule has 1 aromatic heterocycles. The summed E-state index contributed by atoms with van der Waals surface area (Å²) in [5.41, 5.74) is 4.67. The fourth-order valence-electron chi connectivity index (χ4n) is 2.62. The van der Waals surface area contributed by atoms with Crippen LogP contribution in [-0.2, 0) is 11.3 Å². The molecule has 1 aliphatic rings. The molecular weight excluding hydrogens is 270 g/mol. The summed E-state index contributed by atoms with van der Waals surface area (Å²) < 4.78 is 0. The van der Waals surface area contributed by atoms with E-state index in [2.05, 4.69) is 14.9 Å². The topological polar surface area (TPSA) is 95.6 Å². The molecule has 1 unspecified atom stereocenters. The first-order chi connectivity index (χ1) is 9.88. The molecule has 1 fully saturated rings. The largest absolute Gasteiger partial charge is 0.388 e. The van der Waals surface area contributed by atoms with Crippen LogP contribution < -0.4 is 5.73 Å². The Morgan fingerprint density at radius 3 is 3.00 bits per heavy atom. The van der Waals surface area contributed by atoms with Gasteiger partial charge in [0.2, 0.25) is 5.91 Å². The molecular formula is C14H23N5O2. The number of carbonyl (C=O) groups excluding carboxylic acids is 1. The Kier molecular flexibility index (Phi) is 4.74. The van der Waals surface area contributed by atoms with E-state index in [0.717, 1.165) is 13.0 Å². The second kappa shape index (κ2) is 6.36. The molecule has 0 aromatic carbocycles. The highest BCUT2D eigenvalue weighted by Gasteiger charge is 2.35. The monoisotopic (exact) mass is 293 g/mol. The Balaban J connectivity index is 1.98. The van der Waals surface area contributed by atoms with Crippen LogP contribution in [0.3, 0.4) is 0 Å². The molecule has 2 rings (SSSR count). The standard InChI is InChI=1S/C14H23N5O2/c1-18(2)13(20)8-14(21)5-3-7-19(10-14)9-12-16-6-4-11(15)17-12/h4,6,21H,3,5,7-10H2,1-2H3,(H2,15,16,17). The summed E-state index contributed by atoms with van der Waals surface area (Å²) in [5, 5.41) is 10.6. The highest BCUT2D eigenvalue weighted by Crippen LogP contribution is 2.25. The number of hydrogen-bond acceptors (Lipinski definition) is 6. The predicted molar refractivity (Wildman–Crippen MR) is 79.2 cm³/mol. The molecule has 0 spiro atoms. The number of carbonyl (C=O) groups is 1. The molecule has 0 aliphatic carbocycles. The molecule has 1 amide bonds. The fourth-order valence-corrected chi connectivity index (χ4v) is 2.62. The van der Waals surface area contributed by atoms with E-state index in [9.17, 15) is 9.90 Å². The van der Waals surface area contributed by atoms with E-state index in [-0.39, 0.29) is 12.3 Å². The second-order valence-electron chi connectivity index (χ2n) is 5.90. The number of nitrogen functional groups attached to an aromatic ring is 1. The van der Waals surface area contributed by atoms with Crippen molar-refractivity contribution in [1.29, 1.82) is 0 Å². The number of rotatable bonds is 4. The van der Waals surface area contributed by atoms with Gasteiger partial charge in [0.05, 0.1) is 18.6 Å². The van der Waals surface area contributed by atoms with Gasteiger partial charge in [-0.2, -0.15) is 0 Å². The van der Waals surface area contributed by atoms with Gasteiger partial charge in [-0.15, -0.1) is 0 Å². The Hall–Kier alpha value is -1.73. The van der Waals surface area contributed by atoms with Gasteiger partial charge < -0.3 is 15.7 Å². The molecule has 2 heterocycles. The van der Waals surface area contributed by atoms with E-state index in [0.29, 0.717) is 31.2 Å². The van der Waals surface area contributed by atoms with Gasteiger partial charge in [0, 0.05) is 26.8 Å². The number of amides is 1. The molecule has 3 N–H and O–H groups in total. The van der Waals surface area contributed by atoms with E-state index >= 15 is 0 Å². The van der Waals surface area contributed by atoms with Crippen LogP contribution in [0.2, 0.25) is 0 Å². The average Bonchev–Trinajstić information content (AvgIpc) is 2.38. The zero-order valence-electron chi connectivity index (χ0n) is 12.6. The summed E-state index contributed by atoms with van der Waals surface area (Å²) in [6, 6.07) is 1.64. The van der Waals surface area contributed by atoms with Crippen molar-refractivity contribution in [2.75, 3.05) is 32.9 Å². The zero-order chi connectivity index (χ0) is 15.5. The number of hydrogen-bond donors (Lipinski definition) is 2. The zero-order valence-corrected chi connectivity index (χ0v) is 12.6. The van der Waals surface area contributed by atoms with Crippen LogP contribution in [0.5, 0.6) is 0 Å². The Labute approximate surface area is 124 Å².